The van der Waals surface area contributed by atoms with Gasteiger partial charge in [0, 0.05) is 6.54 Å². The summed E-state index contributed by atoms with van der Waals surface area (Å²) in [6.45, 7) is -0.0886. The molecule has 2 aliphatic rings. The Morgan fingerprint density at radius 2 is 2.08 bits per heavy atom. The van der Waals surface area contributed by atoms with Gasteiger partial charge in [-0.1, -0.05) is 23.7 Å². The van der Waals surface area contributed by atoms with E-state index < -0.39 is 32.6 Å². The topological polar surface area (TPSA) is 107 Å². The first kappa shape index (κ1) is 17.7. The highest BCUT2D eigenvalue weighted by Crippen LogP contribution is 2.36. The molecule has 0 bridgehead atoms. The maximum absolute atomic E-state index is 12.8. The maximum Gasteiger partial charge on any atom is 0.244 e. The van der Waals surface area contributed by atoms with Gasteiger partial charge in [0.05, 0.1) is 21.2 Å². The lowest BCUT2D eigenvalue weighted by atomic mass is 10.2. The van der Waals surface area contributed by atoms with E-state index in [1.807, 2.05) is 6.07 Å². The van der Waals surface area contributed by atoms with E-state index in [-0.39, 0.29) is 22.9 Å². The van der Waals surface area contributed by atoms with Gasteiger partial charge < -0.3 is 10.2 Å². The van der Waals surface area contributed by atoms with Crippen LogP contribution in [0.3, 0.4) is 0 Å². The highest BCUT2D eigenvalue weighted by molar-refractivity contribution is 7.92. The zero-order valence-electron chi connectivity index (χ0n) is 13.2. The number of likely N-dealkylation sites (tertiary alicyclic amines) is 1. The average Bonchev–Trinajstić information content (AvgIpc) is 3.21. The molecule has 7 nitrogen and oxygen atoms in total. The Bertz CT molecular complexity index is 860. The summed E-state index contributed by atoms with van der Waals surface area (Å²) in [7, 11) is -3.79. The summed E-state index contributed by atoms with van der Waals surface area (Å²) in [5.74, 6) is -0.497. The van der Waals surface area contributed by atoms with Crippen molar-refractivity contribution >= 4 is 33.8 Å². The maximum atomic E-state index is 12.8. The van der Waals surface area contributed by atoms with Crippen LogP contribution in [-0.2, 0) is 19.4 Å². The Kier molecular flexibility index (Phi) is 4.47. The summed E-state index contributed by atoms with van der Waals surface area (Å²) in [6.07, 6.45) is 1.56. The second kappa shape index (κ2) is 6.32. The first-order valence-electron chi connectivity index (χ1n) is 7.76. The van der Waals surface area contributed by atoms with Crippen molar-refractivity contribution in [2.24, 2.45) is 0 Å². The van der Waals surface area contributed by atoms with Crippen LogP contribution >= 0.6 is 11.6 Å². The molecule has 0 radical (unpaired) electrons. The summed E-state index contributed by atoms with van der Waals surface area (Å²) in [5.41, 5.74) is -0.870. The molecule has 1 aromatic carbocycles. The van der Waals surface area contributed by atoms with Gasteiger partial charge in [-0.15, -0.1) is 0 Å². The third kappa shape index (κ3) is 3.22. The van der Waals surface area contributed by atoms with E-state index in [9.17, 15) is 18.0 Å². The molecule has 1 aliphatic heterocycles. The molecule has 3 rings (SSSR count). The summed E-state index contributed by atoms with van der Waals surface area (Å²) in [4.78, 5) is 24.9. The van der Waals surface area contributed by atoms with Crippen molar-refractivity contribution in [3.63, 3.8) is 0 Å². The van der Waals surface area contributed by atoms with E-state index in [4.69, 9.17) is 16.9 Å². The summed E-state index contributed by atoms with van der Waals surface area (Å²) < 4.78 is 25.7. The Morgan fingerprint density at radius 3 is 2.64 bits per heavy atom. The molecule has 2 fully saturated rings. The van der Waals surface area contributed by atoms with Crippen molar-refractivity contribution in [1.29, 1.82) is 5.26 Å². The van der Waals surface area contributed by atoms with Crippen LogP contribution in [0.4, 0.5) is 0 Å². The van der Waals surface area contributed by atoms with Gasteiger partial charge in [0.15, 0.2) is 9.84 Å². The van der Waals surface area contributed by atoms with E-state index in [0.29, 0.717) is 19.3 Å². The fraction of sp³-hybridized carbons (Fsp3) is 0.438. The van der Waals surface area contributed by atoms with Crippen molar-refractivity contribution in [3.8, 4) is 6.07 Å². The molecule has 25 heavy (non-hydrogen) atoms. The lowest BCUT2D eigenvalue weighted by molar-refractivity contribution is -0.131. The van der Waals surface area contributed by atoms with Crippen LogP contribution in [0, 0.1) is 11.3 Å². The number of halogens is 1. The van der Waals surface area contributed by atoms with Crippen molar-refractivity contribution in [2.75, 3.05) is 6.54 Å². The third-order valence-corrected chi connectivity index (χ3v) is 7.28. The highest BCUT2D eigenvalue weighted by atomic mass is 35.5. The number of nitrogens with one attached hydrogen (secondary N) is 1. The van der Waals surface area contributed by atoms with Gasteiger partial charge in [0.25, 0.3) is 0 Å². The first-order valence-corrected chi connectivity index (χ1v) is 9.68. The Hall–Kier alpha value is -2.11. The van der Waals surface area contributed by atoms with Crippen LogP contribution in [0.2, 0.25) is 5.02 Å². The number of nitrogens with zero attached hydrogens (tertiary/aromatic N) is 2. The minimum atomic E-state index is -3.79. The Labute approximate surface area is 150 Å². The number of rotatable bonds is 5. The van der Waals surface area contributed by atoms with Gasteiger partial charge in [0.1, 0.15) is 11.6 Å². The highest BCUT2D eigenvalue weighted by Gasteiger charge is 2.49. The molecular formula is C16H16ClN3O4S. The SMILES string of the molecule is N#CC1(NC(=O)C2CC(S(=O)(=O)c3ccccc3Cl)CN2C=O)CC1. The monoisotopic (exact) mass is 381 g/mol. The summed E-state index contributed by atoms with van der Waals surface area (Å²) >= 11 is 5.99. The Morgan fingerprint density at radius 1 is 1.40 bits per heavy atom. The predicted octanol–water partition coefficient (Wildman–Crippen LogP) is 0.885. The zero-order chi connectivity index (χ0) is 18.2. The van der Waals surface area contributed by atoms with E-state index in [1.165, 1.54) is 17.0 Å². The van der Waals surface area contributed by atoms with Crippen LogP contribution < -0.4 is 5.32 Å². The number of carbonyl (C=O) groups excluding carboxylic acids is 2. The minimum absolute atomic E-state index is 0.00994. The molecule has 1 saturated carbocycles. The van der Waals surface area contributed by atoms with Crippen LogP contribution in [0.5, 0.6) is 0 Å². The molecule has 1 aliphatic carbocycles. The number of hydrogen-bond donors (Lipinski definition) is 1. The largest absolute Gasteiger partial charge is 0.336 e. The second-order valence-corrected chi connectivity index (χ2v) is 8.94. The number of carbonyl (C=O) groups is 2. The van der Waals surface area contributed by atoms with Crippen molar-refractivity contribution in [3.05, 3.63) is 29.3 Å². The fourth-order valence-corrected chi connectivity index (χ4v) is 5.21. The average molecular weight is 382 g/mol. The lowest BCUT2D eigenvalue weighted by Gasteiger charge is -2.20. The molecule has 0 aromatic heterocycles. The van der Waals surface area contributed by atoms with Gasteiger partial charge in [0.2, 0.25) is 12.3 Å². The standard InChI is InChI=1S/C16H16ClN3O4S/c17-12-3-1-2-4-14(12)25(23,24)11-7-13(20(8-11)10-21)15(22)19-16(9-18)5-6-16/h1-4,10-11,13H,5-8H2,(H,19,22). The zero-order valence-corrected chi connectivity index (χ0v) is 14.8. The van der Waals surface area contributed by atoms with Gasteiger partial charge >= 0.3 is 0 Å². The second-order valence-electron chi connectivity index (χ2n) is 6.33. The molecule has 1 N–H and O–H groups in total. The normalized spacial score (nSPS) is 24.4. The quantitative estimate of drug-likeness (QED) is 0.762. The molecular weight excluding hydrogens is 366 g/mol. The van der Waals surface area contributed by atoms with Crippen LogP contribution in [0.25, 0.3) is 0 Å². The lowest BCUT2D eigenvalue weighted by Crippen LogP contribution is -2.47. The summed E-state index contributed by atoms with van der Waals surface area (Å²) in [6, 6.07) is 7.21. The van der Waals surface area contributed by atoms with Gasteiger partial charge in [-0.2, -0.15) is 5.26 Å². The fourth-order valence-electron chi connectivity index (χ4n) is 2.98. The molecule has 1 heterocycles. The van der Waals surface area contributed by atoms with Crippen molar-refractivity contribution in [2.45, 2.75) is 41.0 Å². The van der Waals surface area contributed by atoms with Crippen LogP contribution in [0.1, 0.15) is 19.3 Å². The smallest absolute Gasteiger partial charge is 0.244 e. The number of amides is 2. The first-order chi connectivity index (χ1) is 11.8. The molecule has 1 saturated heterocycles. The number of benzene rings is 1. The molecule has 1 aromatic rings. The van der Waals surface area contributed by atoms with E-state index in [1.54, 1.807) is 12.1 Å². The van der Waals surface area contributed by atoms with E-state index in [0.717, 1.165) is 0 Å². The van der Waals surface area contributed by atoms with E-state index in [2.05, 4.69) is 5.32 Å². The number of nitriles is 1. The molecule has 132 valence electrons. The van der Waals surface area contributed by atoms with Crippen LogP contribution in [0.15, 0.2) is 29.2 Å². The molecule has 9 heteroatoms. The van der Waals surface area contributed by atoms with Gasteiger partial charge in [-0.25, -0.2) is 8.42 Å². The number of hydrogen-bond acceptors (Lipinski definition) is 5. The molecule has 0 spiro atoms. The minimum Gasteiger partial charge on any atom is -0.336 e. The van der Waals surface area contributed by atoms with Gasteiger partial charge in [-0.05, 0) is 31.4 Å². The van der Waals surface area contributed by atoms with Crippen molar-refractivity contribution < 1.29 is 18.0 Å². The molecule has 2 unspecified atom stereocenters. The van der Waals surface area contributed by atoms with Gasteiger partial charge in [-0.3, -0.25) is 9.59 Å². The number of sulfone groups is 1. The van der Waals surface area contributed by atoms with Crippen molar-refractivity contribution in [1.82, 2.24) is 10.2 Å². The Balaban J connectivity index is 1.82. The predicted molar refractivity (Wildman–Crippen MR) is 89.3 cm³/mol. The molecule has 2 amide bonds. The summed E-state index contributed by atoms with van der Waals surface area (Å²) in [5, 5.41) is 10.9. The molecule has 2 atom stereocenters. The third-order valence-electron chi connectivity index (χ3n) is 4.65. The van der Waals surface area contributed by atoms with Crippen LogP contribution in [-0.4, -0.2) is 49.0 Å². The van der Waals surface area contributed by atoms with E-state index >= 15 is 0 Å².